The van der Waals surface area contributed by atoms with Crippen LogP contribution in [0.2, 0.25) is 0 Å². The molecule has 0 saturated heterocycles. The van der Waals surface area contributed by atoms with E-state index in [9.17, 15) is 22.8 Å². The molecule has 2 heterocycles. The van der Waals surface area contributed by atoms with E-state index in [2.05, 4.69) is 4.98 Å². The number of H-pyrrole nitrogens is 1. The van der Waals surface area contributed by atoms with Gasteiger partial charge in [-0.05, 0) is 57.4 Å². The normalized spacial score (nSPS) is 15.4. The number of halogens is 3. The molecule has 0 aliphatic carbocycles. The van der Waals surface area contributed by atoms with Crippen LogP contribution in [-0.4, -0.2) is 34.7 Å². The Balaban J connectivity index is 1.99. The van der Waals surface area contributed by atoms with Crippen LogP contribution in [0.4, 0.5) is 18.0 Å². The number of fused-ring (bicyclic) bond motifs is 1. The summed E-state index contributed by atoms with van der Waals surface area (Å²) in [6, 6.07) is 3.83. The maximum atomic E-state index is 13.6. The maximum absolute atomic E-state index is 13.6. The van der Waals surface area contributed by atoms with E-state index in [1.165, 1.54) is 17.0 Å². The van der Waals surface area contributed by atoms with Crippen molar-refractivity contribution in [3.05, 3.63) is 51.3 Å². The predicted octanol–water partition coefficient (Wildman–Crippen LogP) is 4.88. The second kappa shape index (κ2) is 7.24. The average Bonchev–Trinajstić information content (AvgIpc) is 2.59. The number of pyridine rings is 1. The summed E-state index contributed by atoms with van der Waals surface area (Å²) in [7, 11) is 0. The molecule has 1 aliphatic rings. The number of carbonyl (C=O) groups is 1. The predicted molar refractivity (Wildman–Crippen MR) is 105 cm³/mol. The van der Waals surface area contributed by atoms with Crippen LogP contribution in [0, 0.1) is 6.92 Å². The number of carbonyl (C=O) groups excluding carboxylic acids is 1. The molecule has 0 fully saturated rings. The molecule has 3 rings (SSSR count). The van der Waals surface area contributed by atoms with E-state index in [-0.39, 0.29) is 17.4 Å². The third-order valence-corrected chi connectivity index (χ3v) is 4.61. The minimum Gasteiger partial charge on any atom is -0.444 e. The number of nitrogens with one attached hydrogen (secondary N) is 1. The fourth-order valence-electron chi connectivity index (χ4n) is 3.31. The molecule has 1 aromatic heterocycles. The molecule has 1 N–H and O–H groups in total. The standard InChI is InChI=1S/C21H23F3N2O3/c1-12-9-17(27)15-10-14(11-16(18(15)25-12)21(22,23)24)13-5-7-26(8-6-13)19(28)29-20(2,3)4/h5,9-11H,6-8H2,1-4H3,(H,25,27). The van der Waals surface area contributed by atoms with Crippen molar-refractivity contribution in [2.45, 2.75) is 45.9 Å². The average molecular weight is 408 g/mol. The van der Waals surface area contributed by atoms with Crippen molar-refractivity contribution >= 4 is 22.6 Å². The number of benzene rings is 1. The molecule has 0 bridgehead atoms. The Morgan fingerprint density at radius 3 is 2.41 bits per heavy atom. The van der Waals surface area contributed by atoms with Gasteiger partial charge in [0.1, 0.15) is 5.60 Å². The number of aromatic nitrogens is 1. The highest BCUT2D eigenvalue weighted by Gasteiger charge is 2.34. The van der Waals surface area contributed by atoms with Crippen LogP contribution in [0.5, 0.6) is 0 Å². The van der Waals surface area contributed by atoms with Gasteiger partial charge in [0.15, 0.2) is 5.43 Å². The van der Waals surface area contributed by atoms with E-state index in [4.69, 9.17) is 4.74 Å². The summed E-state index contributed by atoms with van der Waals surface area (Å²) in [5.41, 5.74) is -0.805. The van der Waals surface area contributed by atoms with Gasteiger partial charge in [0, 0.05) is 30.2 Å². The van der Waals surface area contributed by atoms with Crippen LogP contribution in [0.1, 0.15) is 44.0 Å². The molecular formula is C21H23F3N2O3. The van der Waals surface area contributed by atoms with Crippen molar-refractivity contribution in [1.29, 1.82) is 0 Å². The first-order chi connectivity index (χ1) is 13.3. The zero-order valence-electron chi connectivity index (χ0n) is 16.7. The van der Waals surface area contributed by atoms with Gasteiger partial charge in [-0.2, -0.15) is 13.2 Å². The van der Waals surface area contributed by atoms with Crippen LogP contribution in [0.25, 0.3) is 16.5 Å². The number of ether oxygens (including phenoxy) is 1. The van der Waals surface area contributed by atoms with Crippen LogP contribution in [0.3, 0.4) is 0 Å². The van der Waals surface area contributed by atoms with Crippen LogP contribution >= 0.6 is 0 Å². The Morgan fingerprint density at radius 2 is 1.86 bits per heavy atom. The van der Waals surface area contributed by atoms with Crippen LogP contribution in [-0.2, 0) is 10.9 Å². The van der Waals surface area contributed by atoms with Crippen molar-refractivity contribution in [1.82, 2.24) is 9.88 Å². The number of aryl methyl sites for hydroxylation is 1. The van der Waals surface area contributed by atoms with Crippen LogP contribution < -0.4 is 5.43 Å². The lowest BCUT2D eigenvalue weighted by Gasteiger charge is -2.29. The fourth-order valence-corrected chi connectivity index (χ4v) is 3.31. The summed E-state index contributed by atoms with van der Waals surface area (Å²) in [5.74, 6) is 0. The Hall–Kier alpha value is -2.77. The van der Waals surface area contributed by atoms with Gasteiger partial charge >= 0.3 is 12.3 Å². The van der Waals surface area contributed by atoms with Crippen molar-refractivity contribution in [2.24, 2.45) is 0 Å². The van der Waals surface area contributed by atoms with Crippen molar-refractivity contribution in [3.8, 4) is 0 Å². The minimum atomic E-state index is -4.61. The molecular weight excluding hydrogens is 385 g/mol. The molecule has 0 unspecified atom stereocenters. The maximum Gasteiger partial charge on any atom is 0.418 e. The summed E-state index contributed by atoms with van der Waals surface area (Å²) in [5, 5.41) is -0.00380. The molecule has 0 radical (unpaired) electrons. The highest BCUT2D eigenvalue weighted by molar-refractivity contribution is 5.87. The lowest BCUT2D eigenvalue weighted by atomic mass is 9.95. The van der Waals surface area contributed by atoms with Gasteiger partial charge < -0.3 is 14.6 Å². The molecule has 8 heteroatoms. The van der Waals surface area contributed by atoms with Crippen LogP contribution in [0.15, 0.2) is 29.1 Å². The van der Waals surface area contributed by atoms with Gasteiger partial charge in [-0.1, -0.05) is 6.08 Å². The molecule has 0 spiro atoms. The topological polar surface area (TPSA) is 62.4 Å². The second-order valence-corrected chi connectivity index (χ2v) is 8.17. The van der Waals surface area contributed by atoms with Gasteiger partial charge in [0.2, 0.25) is 0 Å². The summed E-state index contributed by atoms with van der Waals surface area (Å²) in [6.07, 6.45) is -3.00. The Kier molecular flexibility index (Phi) is 5.23. The van der Waals surface area contributed by atoms with Crippen molar-refractivity contribution in [3.63, 3.8) is 0 Å². The summed E-state index contributed by atoms with van der Waals surface area (Å²) in [6.45, 7) is 7.40. The summed E-state index contributed by atoms with van der Waals surface area (Å²) >= 11 is 0. The van der Waals surface area contributed by atoms with E-state index in [0.717, 1.165) is 6.07 Å². The first kappa shape index (κ1) is 21.0. The van der Waals surface area contributed by atoms with Gasteiger partial charge in [-0.3, -0.25) is 4.79 Å². The Morgan fingerprint density at radius 1 is 1.17 bits per heavy atom. The smallest absolute Gasteiger partial charge is 0.418 e. The zero-order chi connectivity index (χ0) is 21.6. The SMILES string of the molecule is Cc1cc(=O)c2cc(C3=CCN(C(=O)OC(C)(C)C)CC3)cc(C(F)(F)F)c2[nH]1. The minimum absolute atomic E-state index is 0.00380. The summed E-state index contributed by atoms with van der Waals surface area (Å²) < 4.78 is 46.3. The highest BCUT2D eigenvalue weighted by Crippen LogP contribution is 2.36. The Labute approximate surface area is 166 Å². The van der Waals surface area contributed by atoms with Gasteiger partial charge in [0.05, 0.1) is 11.1 Å². The molecule has 156 valence electrons. The molecule has 5 nitrogen and oxygen atoms in total. The van der Waals surface area contributed by atoms with Crippen molar-refractivity contribution in [2.75, 3.05) is 13.1 Å². The van der Waals surface area contributed by atoms with Gasteiger partial charge in [-0.25, -0.2) is 4.79 Å². The Bertz CT molecular complexity index is 1050. The lowest BCUT2D eigenvalue weighted by Crippen LogP contribution is -2.39. The first-order valence-corrected chi connectivity index (χ1v) is 9.27. The molecule has 2 aromatic rings. The number of nitrogens with zero attached hydrogens (tertiary/aromatic N) is 1. The summed E-state index contributed by atoms with van der Waals surface area (Å²) in [4.78, 5) is 28.7. The van der Waals surface area contributed by atoms with E-state index >= 15 is 0 Å². The third kappa shape index (κ3) is 4.63. The van der Waals surface area contributed by atoms with E-state index < -0.39 is 28.9 Å². The fraction of sp³-hybridized carbons (Fsp3) is 0.429. The number of alkyl halides is 3. The number of amides is 1. The first-order valence-electron chi connectivity index (χ1n) is 9.27. The highest BCUT2D eigenvalue weighted by atomic mass is 19.4. The van der Waals surface area contributed by atoms with Gasteiger partial charge in [0.25, 0.3) is 0 Å². The molecule has 0 saturated carbocycles. The molecule has 1 amide bonds. The quantitative estimate of drug-likeness (QED) is 0.732. The largest absolute Gasteiger partial charge is 0.444 e. The number of rotatable bonds is 1. The van der Waals surface area contributed by atoms with E-state index in [0.29, 0.717) is 29.8 Å². The van der Waals surface area contributed by atoms with Gasteiger partial charge in [-0.15, -0.1) is 0 Å². The van der Waals surface area contributed by atoms with E-state index in [1.807, 2.05) is 0 Å². The van der Waals surface area contributed by atoms with Crippen molar-refractivity contribution < 1.29 is 22.7 Å². The number of hydrogen-bond acceptors (Lipinski definition) is 3. The molecule has 0 atom stereocenters. The number of aromatic amines is 1. The lowest BCUT2D eigenvalue weighted by molar-refractivity contribution is -0.136. The molecule has 29 heavy (non-hydrogen) atoms. The monoisotopic (exact) mass is 408 g/mol. The third-order valence-electron chi connectivity index (χ3n) is 4.61. The molecule has 1 aliphatic heterocycles. The molecule has 1 aromatic carbocycles. The zero-order valence-corrected chi connectivity index (χ0v) is 16.7. The van der Waals surface area contributed by atoms with E-state index in [1.54, 1.807) is 33.8 Å². The number of hydrogen-bond donors (Lipinski definition) is 1. The second-order valence-electron chi connectivity index (χ2n) is 8.17.